The molecule has 0 fully saturated rings. The lowest BCUT2D eigenvalue weighted by molar-refractivity contribution is -0.140. The molecule has 0 amide bonds. The Bertz CT molecular complexity index is 657. The van der Waals surface area contributed by atoms with Crippen LogP contribution < -0.4 is 0 Å². The fraction of sp³-hybridized carbons (Fsp3) is 0.267. The number of aliphatic carboxylic acids is 2. The van der Waals surface area contributed by atoms with E-state index < -0.39 is 23.8 Å². The van der Waals surface area contributed by atoms with Crippen molar-refractivity contribution in [3.8, 4) is 5.75 Å². The number of hydrogen-bond donors (Lipinski definition) is 3. The van der Waals surface area contributed by atoms with Crippen LogP contribution >= 0.6 is 0 Å². The molecule has 0 aromatic heterocycles. The molecule has 110 valence electrons. The zero-order chi connectivity index (χ0) is 15.7. The molecule has 1 aliphatic heterocycles. The number of aliphatic imine (C=N–C) groups is 1. The van der Waals surface area contributed by atoms with Crippen molar-refractivity contribution in [1.29, 1.82) is 0 Å². The monoisotopic (exact) mass is 289 g/mol. The molecule has 1 aromatic carbocycles. The highest BCUT2D eigenvalue weighted by Crippen LogP contribution is 2.39. The zero-order valence-electron chi connectivity index (χ0n) is 11.6. The number of phenolic OH excluding ortho intramolecular Hbond substituents is 1. The Hall–Kier alpha value is -2.63. The van der Waals surface area contributed by atoms with E-state index in [1.54, 1.807) is 13.8 Å². The summed E-state index contributed by atoms with van der Waals surface area (Å²) in [6.07, 6.45) is 0. The van der Waals surface area contributed by atoms with Crippen LogP contribution in [0.5, 0.6) is 5.75 Å². The van der Waals surface area contributed by atoms with Crippen LogP contribution in [0.2, 0.25) is 0 Å². The predicted molar refractivity (Wildman–Crippen MR) is 75.4 cm³/mol. The summed E-state index contributed by atoms with van der Waals surface area (Å²) in [7, 11) is 0. The Balaban J connectivity index is 2.65. The molecule has 0 saturated heterocycles. The molecular weight excluding hydrogens is 274 g/mol. The van der Waals surface area contributed by atoms with Crippen LogP contribution in [0.1, 0.15) is 25.3 Å². The predicted octanol–water partition coefficient (Wildman–Crippen LogP) is 2.01. The molecule has 3 N–H and O–H groups in total. The van der Waals surface area contributed by atoms with E-state index in [4.69, 9.17) is 0 Å². The largest absolute Gasteiger partial charge is 0.508 e. The van der Waals surface area contributed by atoms with Crippen molar-refractivity contribution in [2.45, 2.75) is 19.8 Å². The number of nitrogens with zero attached hydrogens (tertiary/aromatic N) is 1. The van der Waals surface area contributed by atoms with Gasteiger partial charge in [0.1, 0.15) is 11.7 Å². The molecule has 6 nitrogen and oxygen atoms in total. The Morgan fingerprint density at radius 3 is 2.14 bits per heavy atom. The van der Waals surface area contributed by atoms with E-state index >= 15 is 0 Å². The van der Waals surface area contributed by atoms with E-state index in [0.717, 1.165) is 0 Å². The number of rotatable bonds is 3. The number of allylic oxidation sites excluding steroid dienone is 1. The fourth-order valence-corrected chi connectivity index (χ4v) is 2.68. The van der Waals surface area contributed by atoms with Gasteiger partial charge in [0.05, 0.1) is 5.57 Å². The topological polar surface area (TPSA) is 107 Å². The number of benzene rings is 1. The lowest BCUT2D eigenvalue weighted by Gasteiger charge is -2.29. The van der Waals surface area contributed by atoms with Gasteiger partial charge in [-0.05, 0) is 31.5 Å². The van der Waals surface area contributed by atoms with Crippen molar-refractivity contribution < 1.29 is 24.9 Å². The van der Waals surface area contributed by atoms with Gasteiger partial charge in [0, 0.05) is 17.3 Å². The van der Waals surface area contributed by atoms with Gasteiger partial charge in [-0.15, -0.1) is 0 Å². The standard InChI is InChI=1S/C15H15NO5/c1-7-11(14(18)19)13(9-3-5-10(17)6-4-9)12(15(20)21)8(2)16-7/h3-6,11,13,17H,1-2H3,(H,18,19)(H,20,21). The van der Waals surface area contributed by atoms with Crippen LogP contribution in [0.3, 0.4) is 0 Å². The minimum absolute atomic E-state index is 0.0290. The highest BCUT2D eigenvalue weighted by molar-refractivity contribution is 6.06. The normalized spacial score (nSPS) is 21.9. The SMILES string of the molecule is CC1=NC(C)=C(C(=O)O)C(c2ccc(O)cc2)C1C(=O)O. The summed E-state index contributed by atoms with van der Waals surface area (Å²) in [5.41, 5.74) is 1.16. The van der Waals surface area contributed by atoms with Gasteiger partial charge in [0.25, 0.3) is 0 Å². The summed E-state index contributed by atoms with van der Waals surface area (Å²) in [5.74, 6) is -4.15. The molecule has 2 unspecified atom stereocenters. The van der Waals surface area contributed by atoms with Crippen LogP contribution in [0.4, 0.5) is 0 Å². The second-order valence-corrected chi connectivity index (χ2v) is 4.94. The average molecular weight is 289 g/mol. The van der Waals surface area contributed by atoms with Gasteiger partial charge in [-0.3, -0.25) is 9.79 Å². The number of hydrogen-bond acceptors (Lipinski definition) is 4. The van der Waals surface area contributed by atoms with Crippen LogP contribution in [0, 0.1) is 5.92 Å². The third kappa shape index (κ3) is 2.65. The van der Waals surface area contributed by atoms with Gasteiger partial charge in [-0.2, -0.15) is 0 Å². The van der Waals surface area contributed by atoms with E-state index in [0.29, 0.717) is 17.0 Å². The Morgan fingerprint density at radius 1 is 1.10 bits per heavy atom. The Labute approximate surface area is 121 Å². The number of carbonyl (C=O) groups is 2. The lowest BCUT2D eigenvalue weighted by atomic mass is 9.76. The van der Waals surface area contributed by atoms with E-state index in [1.807, 2.05) is 0 Å². The molecule has 0 radical (unpaired) electrons. The molecule has 1 aromatic rings. The highest BCUT2D eigenvalue weighted by Gasteiger charge is 2.40. The first kappa shape index (κ1) is 14.8. The van der Waals surface area contributed by atoms with Crippen LogP contribution in [-0.2, 0) is 9.59 Å². The van der Waals surface area contributed by atoms with Gasteiger partial charge in [-0.1, -0.05) is 12.1 Å². The third-order valence-corrected chi connectivity index (χ3v) is 3.58. The van der Waals surface area contributed by atoms with Gasteiger partial charge in [0.15, 0.2) is 0 Å². The molecule has 0 aliphatic carbocycles. The Kier molecular flexibility index (Phi) is 3.80. The van der Waals surface area contributed by atoms with Crippen molar-refractivity contribution in [2.75, 3.05) is 0 Å². The van der Waals surface area contributed by atoms with Crippen LogP contribution in [0.15, 0.2) is 40.5 Å². The van der Waals surface area contributed by atoms with E-state index in [-0.39, 0.29) is 11.3 Å². The van der Waals surface area contributed by atoms with Gasteiger partial charge >= 0.3 is 11.9 Å². The van der Waals surface area contributed by atoms with Gasteiger partial charge < -0.3 is 15.3 Å². The summed E-state index contributed by atoms with van der Waals surface area (Å²) in [6, 6.07) is 5.88. The first-order chi connectivity index (χ1) is 9.82. The van der Waals surface area contributed by atoms with E-state index in [1.165, 1.54) is 24.3 Å². The van der Waals surface area contributed by atoms with Gasteiger partial charge in [0.2, 0.25) is 0 Å². The molecule has 0 saturated carbocycles. The molecule has 6 heteroatoms. The van der Waals surface area contributed by atoms with Crippen molar-refractivity contribution in [3.63, 3.8) is 0 Å². The number of phenols is 1. The third-order valence-electron chi connectivity index (χ3n) is 3.58. The fourth-order valence-electron chi connectivity index (χ4n) is 2.68. The van der Waals surface area contributed by atoms with Crippen LogP contribution in [0.25, 0.3) is 0 Å². The maximum Gasteiger partial charge on any atom is 0.334 e. The minimum atomic E-state index is -1.19. The quantitative estimate of drug-likeness (QED) is 0.789. The molecule has 2 rings (SSSR count). The first-order valence-corrected chi connectivity index (χ1v) is 6.34. The molecule has 0 spiro atoms. The maximum absolute atomic E-state index is 11.5. The second kappa shape index (κ2) is 5.40. The molecule has 0 bridgehead atoms. The molecular formula is C15H15NO5. The molecule has 2 atom stereocenters. The number of carboxylic acid groups (broad SMARTS) is 2. The average Bonchev–Trinajstić information content (AvgIpc) is 2.37. The minimum Gasteiger partial charge on any atom is -0.508 e. The van der Waals surface area contributed by atoms with Crippen molar-refractivity contribution in [2.24, 2.45) is 10.9 Å². The second-order valence-electron chi connectivity index (χ2n) is 4.94. The van der Waals surface area contributed by atoms with Crippen molar-refractivity contribution in [3.05, 3.63) is 41.1 Å². The maximum atomic E-state index is 11.5. The number of aromatic hydroxyl groups is 1. The smallest absolute Gasteiger partial charge is 0.334 e. The van der Waals surface area contributed by atoms with Gasteiger partial charge in [-0.25, -0.2) is 4.79 Å². The van der Waals surface area contributed by atoms with E-state index in [2.05, 4.69) is 4.99 Å². The number of carboxylic acids is 2. The lowest BCUT2D eigenvalue weighted by Crippen LogP contribution is -2.34. The van der Waals surface area contributed by atoms with Crippen LogP contribution in [-0.4, -0.2) is 33.0 Å². The Morgan fingerprint density at radius 2 is 1.67 bits per heavy atom. The first-order valence-electron chi connectivity index (χ1n) is 6.34. The van der Waals surface area contributed by atoms with Crippen molar-refractivity contribution >= 4 is 17.7 Å². The summed E-state index contributed by atoms with van der Waals surface area (Å²) < 4.78 is 0. The highest BCUT2D eigenvalue weighted by atomic mass is 16.4. The summed E-state index contributed by atoms with van der Waals surface area (Å²) >= 11 is 0. The summed E-state index contributed by atoms with van der Waals surface area (Å²) in [4.78, 5) is 27.1. The molecule has 21 heavy (non-hydrogen) atoms. The molecule has 1 aliphatic rings. The van der Waals surface area contributed by atoms with Crippen molar-refractivity contribution in [1.82, 2.24) is 0 Å². The zero-order valence-corrected chi connectivity index (χ0v) is 11.6. The summed E-state index contributed by atoms with van der Waals surface area (Å²) in [6.45, 7) is 3.13. The molecule has 1 heterocycles. The van der Waals surface area contributed by atoms with E-state index in [9.17, 15) is 24.9 Å². The summed E-state index contributed by atoms with van der Waals surface area (Å²) in [5, 5.41) is 28.2.